The molecule has 7 heteroatoms. The number of carbonyl (C=O) groups is 2. The summed E-state index contributed by atoms with van der Waals surface area (Å²) in [6.07, 6.45) is 1.61. The molecule has 6 nitrogen and oxygen atoms in total. The van der Waals surface area contributed by atoms with E-state index < -0.39 is 17.2 Å². The smallest absolute Gasteiger partial charge is 0.322 e. The largest absolute Gasteiger partial charge is 0.487 e. The summed E-state index contributed by atoms with van der Waals surface area (Å²) in [5.74, 6) is 0.0141. The Morgan fingerprint density at radius 1 is 1.28 bits per heavy atom. The lowest BCUT2D eigenvalue weighted by atomic mass is 9.66. The molecule has 2 aliphatic heterocycles. The first-order valence-electron chi connectivity index (χ1n) is 8.44. The molecule has 25 heavy (non-hydrogen) atoms. The summed E-state index contributed by atoms with van der Waals surface area (Å²) in [7, 11) is 4.02. The highest BCUT2D eigenvalue weighted by Gasteiger charge is 2.61. The molecule has 2 atom stereocenters. The molecule has 2 heterocycles. The number of nitrogens with one attached hydrogen (secondary N) is 2. The Hall–Kier alpha value is -1.79. The van der Waals surface area contributed by atoms with Crippen molar-refractivity contribution >= 4 is 23.5 Å². The summed E-state index contributed by atoms with van der Waals surface area (Å²) >= 11 is 6.18. The molecule has 0 radical (unpaired) electrons. The van der Waals surface area contributed by atoms with Crippen LogP contribution in [0.25, 0.3) is 0 Å². The number of imide groups is 1. The van der Waals surface area contributed by atoms with E-state index in [1.807, 2.05) is 27.9 Å². The van der Waals surface area contributed by atoms with Gasteiger partial charge in [0.2, 0.25) is 0 Å². The molecule has 0 aliphatic carbocycles. The molecule has 0 aromatic heterocycles. The molecular formula is C18H24ClN3O3. The summed E-state index contributed by atoms with van der Waals surface area (Å²) in [4.78, 5) is 27.1. The minimum absolute atomic E-state index is 0.225. The zero-order valence-electron chi connectivity index (χ0n) is 15.0. The highest BCUT2D eigenvalue weighted by Crippen LogP contribution is 2.51. The van der Waals surface area contributed by atoms with E-state index in [0.29, 0.717) is 16.3 Å². The maximum atomic E-state index is 12.9. The molecule has 2 N–H and O–H groups in total. The number of ether oxygens (including phenoxy) is 1. The quantitative estimate of drug-likeness (QED) is 0.804. The van der Waals surface area contributed by atoms with Crippen LogP contribution in [0, 0.1) is 5.92 Å². The van der Waals surface area contributed by atoms with Gasteiger partial charge in [-0.05, 0) is 65.5 Å². The average Bonchev–Trinajstić information content (AvgIpc) is 2.78. The molecule has 1 aromatic rings. The van der Waals surface area contributed by atoms with Crippen LogP contribution in [0.1, 0.15) is 32.3 Å². The van der Waals surface area contributed by atoms with Crippen LogP contribution in [0.4, 0.5) is 4.79 Å². The summed E-state index contributed by atoms with van der Waals surface area (Å²) in [6, 6.07) is 4.72. The maximum Gasteiger partial charge on any atom is 0.322 e. The number of fused-ring (bicyclic) bond motifs is 2. The van der Waals surface area contributed by atoms with Crippen molar-refractivity contribution < 1.29 is 14.3 Å². The third kappa shape index (κ3) is 2.98. The van der Waals surface area contributed by atoms with Gasteiger partial charge in [0.05, 0.1) is 0 Å². The topological polar surface area (TPSA) is 70.7 Å². The molecule has 2 unspecified atom stereocenters. The van der Waals surface area contributed by atoms with E-state index in [0.717, 1.165) is 19.4 Å². The summed E-state index contributed by atoms with van der Waals surface area (Å²) in [6.45, 7) is 4.81. The van der Waals surface area contributed by atoms with Gasteiger partial charge >= 0.3 is 6.03 Å². The van der Waals surface area contributed by atoms with Crippen LogP contribution in [-0.4, -0.2) is 43.1 Å². The second-order valence-corrected chi connectivity index (χ2v) is 8.00. The van der Waals surface area contributed by atoms with Crippen molar-refractivity contribution in [1.82, 2.24) is 15.5 Å². The Bertz CT molecular complexity index is 720. The van der Waals surface area contributed by atoms with E-state index in [2.05, 4.69) is 15.5 Å². The van der Waals surface area contributed by atoms with Crippen molar-refractivity contribution in [3.05, 3.63) is 28.8 Å². The Labute approximate surface area is 152 Å². The normalized spacial score (nSPS) is 27.0. The second-order valence-electron chi connectivity index (χ2n) is 7.56. The third-order valence-electron chi connectivity index (χ3n) is 5.10. The fourth-order valence-corrected chi connectivity index (χ4v) is 4.21. The second kappa shape index (κ2) is 6.18. The van der Waals surface area contributed by atoms with Crippen LogP contribution in [0.3, 0.4) is 0 Å². The molecule has 136 valence electrons. The first-order valence-corrected chi connectivity index (χ1v) is 8.82. The van der Waals surface area contributed by atoms with E-state index in [9.17, 15) is 9.59 Å². The first kappa shape index (κ1) is 18.0. The van der Waals surface area contributed by atoms with Crippen molar-refractivity contribution in [2.45, 2.75) is 37.8 Å². The minimum Gasteiger partial charge on any atom is -0.487 e. The average molecular weight is 366 g/mol. The molecule has 0 saturated carbocycles. The van der Waals surface area contributed by atoms with Gasteiger partial charge in [-0.1, -0.05) is 11.6 Å². The molecule has 0 bridgehead atoms. The van der Waals surface area contributed by atoms with Gasteiger partial charge in [-0.15, -0.1) is 0 Å². The Balaban J connectivity index is 2.11. The van der Waals surface area contributed by atoms with Crippen molar-refractivity contribution in [3.8, 4) is 5.75 Å². The van der Waals surface area contributed by atoms with Crippen molar-refractivity contribution in [1.29, 1.82) is 0 Å². The maximum absolute atomic E-state index is 12.9. The van der Waals surface area contributed by atoms with Crippen LogP contribution in [0.15, 0.2) is 18.2 Å². The molecule has 2 aliphatic rings. The summed E-state index contributed by atoms with van der Waals surface area (Å²) in [5.41, 5.74) is -1.16. The van der Waals surface area contributed by atoms with Crippen LogP contribution >= 0.6 is 11.6 Å². The van der Waals surface area contributed by atoms with E-state index in [1.54, 1.807) is 18.2 Å². The van der Waals surface area contributed by atoms with Gasteiger partial charge in [0.15, 0.2) is 5.54 Å². The van der Waals surface area contributed by atoms with E-state index in [4.69, 9.17) is 16.3 Å². The Kier molecular flexibility index (Phi) is 4.45. The lowest BCUT2D eigenvalue weighted by Gasteiger charge is -2.49. The Morgan fingerprint density at radius 3 is 2.60 bits per heavy atom. The van der Waals surface area contributed by atoms with Crippen molar-refractivity contribution in [2.24, 2.45) is 5.92 Å². The zero-order chi connectivity index (χ0) is 18.4. The number of hydrogen-bond donors (Lipinski definition) is 2. The van der Waals surface area contributed by atoms with Crippen LogP contribution < -0.4 is 15.4 Å². The number of nitrogens with zero attached hydrogens (tertiary/aromatic N) is 1. The number of hydrogen-bond acceptors (Lipinski definition) is 4. The first-order chi connectivity index (χ1) is 11.7. The van der Waals surface area contributed by atoms with Gasteiger partial charge in [-0.2, -0.15) is 0 Å². The molecule has 3 rings (SSSR count). The molecule has 1 saturated heterocycles. The van der Waals surface area contributed by atoms with Gasteiger partial charge < -0.3 is 15.0 Å². The number of rotatable bonds is 4. The highest BCUT2D eigenvalue weighted by molar-refractivity contribution is 6.30. The van der Waals surface area contributed by atoms with Gasteiger partial charge in [0, 0.05) is 16.5 Å². The number of benzene rings is 1. The van der Waals surface area contributed by atoms with Crippen molar-refractivity contribution in [2.75, 3.05) is 20.6 Å². The number of halogens is 1. The summed E-state index contributed by atoms with van der Waals surface area (Å²) < 4.78 is 6.21. The van der Waals surface area contributed by atoms with E-state index in [1.165, 1.54) is 0 Å². The lowest BCUT2D eigenvalue weighted by molar-refractivity contribution is -0.133. The fourth-order valence-electron chi connectivity index (χ4n) is 4.04. The van der Waals surface area contributed by atoms with E-state index >= 15 is 0 Å². The van der Waals surface area contributed by atoms with Gasteiger partial charge in [-0.3, -0.25) is 10.1 Å². The highest BCUT2D eigenvalue weighted by atomic mass is 35.5. The molecule has 3 amide bonds. The predicted molar refractivity (Wildman–Crippen MR) is 95.8 cm³/mol. The fraction of sp³-hybridized carbons (Fsp3) is 0.556. The lowest BCUT2D eigenvalue weighted by Crippen LogP contribution is -2.61. The van der Waals surface area contributed by atoms with Crippen LogP contribution in [-0.2, 0) is 10.3 Å². The monoisotopic (exact) mass is 365 g/mol. The zero-order valence-corrected chi connectivity index (χ0v) is 15.7. The molecule has 1 spiro atoms. The standard InChI is InChI=1S/C18H24ClN3O3/c1-17(2)14(6-5-9-22(3)4)18(15(23)20-16(24)21-18)12-10-11(19)7-8-13(12)25-17/h7-8,10,14H,5-6,9H2,1-4H3,(H2,20,21,23,24). The summed E-state index contributed by atoms with van der Waals surface area (Å²) in [5, 5.41) is 5.80. The number of urea groups is 1. The van der Waals surface area contributed by atoms with Crippen LogP contribution in [0.2, 0.25) is 5.02 Å². The third-order valence-corrected chi connectivity index (χ3v) is 5.33. The van der Waals surface area contributed by atoms with Gasteiger partial charge in [0.1, 0.15) is 11.4 Å². The molecule has 1 fully saturated rings. The number of amides is 3. The SMILES string of the molecule is CN(C)CCCC1C(C)(C)Oc2ccc(Cl)cc2C12NC(=O)NC2=O. The van der Waals surface area contributed by atoms with Gasteiger partial charge in [0.25, 0.3) is 5.91 Å². The van der Waals surface area contributed by atoms with Crippen molar-refractivity contribution in [3.63, 3.8) is 0 Å². The predicted octanol–water partition coefficient (Wildman–Crippen LogP) is 2.50. The minimum atomic E-state index is -1.16. The van der Waals surface area contributed by atoms with Gasteiger partial charge in [-0.25, -0.2) is 4.79 Å². The van der Waals surface area contributed by atoms with Crippen LogP contribution in [0.5, 0.6) is 5.75 Å². The Morgan fingerprint density at radius 2 is 2.00 bits per heavy atom. The molecular weight excluding hydrogens is 342 g/mol. The number of carbonyl (C=O) groups excluding carboxylic acids is 2. The van der Waals surface area contributed by atoms with E-state index in [-0.39, 0.29) is 11.8 Å². The molecule has 1 aromatic carbocycles.